The Morgan fingerprint density at radius 2 is 0.800 bits per heavy atom. The number of benzene rings is 7. The largest absolute Gasteiger partial charge is 0.311 e. The maximum Gasteiger partial charge on any atom is 0.252 e. The minimum atomic E-state index is 0.112. The molecule has 2 nitrogen and oxygen atoms in total. The normalized spacial score (nSPS) is 12.8. The predicted molar refractivity (Wildman–Crippen MR) is 191 cm³/mol. The van der Waals surface area contributed by atoms with Gasteiger partial charge in [0.2, 0.25) is 0 Å². The molecule has 3 heteroatoms. The average Bonchev–Trinajstić information content (AvgIpc) is 3.12. The molecule has 0 bridgehead atoms. The van der Waals surface area contributed by atoms with Gasteiger partial charge in [-0.15, -0.1) is 0 Å². The molecule has 0 atom stereocenters. The van der Waals surface area contributed by atoms with Crippen LogP contribution in [0.15, 0.2) is 176 Å². The monoisotopic (exact) mass is 572 g/mol. The molecule has 0 aliphatic carbocycles. The minimum Gasteiger partial charge on any atom is -0.311 e. The number of para-hydroxylation sites is 2. The minimum absolute atomic E-state index is 0.112. The fourth-order valence-electron chi connectivity index (χ4n) is 7.28. The highest BCUT2D eigenvalue weighted by atomic mass is 15.2. The Morgan fingerprint density at radius 3 is 1.51 bits per heavy atom. The van der Waals surface area contributed by atoms with Crippen molar-refractivity contribution in [3.63, 3.8) is 0 Å². The highest BCUT2D eigenvalue weighted by Gasteiger charge is 2.42. The van der Waals surface area contributed by atoms with Crippen LogP contribution in [0.1, 0.15) is 0 Å². The van der Waals surface area contributed by atoms with Gasteiger partial charge in [0.05, 0.1) is 0 Å². The second kappa shape index (κ2) is 10.4. The van der Waals surface area contributed by atoms with Gasteiger partial charge in [-0.25, -0.2) is 0 Å². The van der Waals surface area contributed by atoms with Crippen molar-refractivity contribution in [2.45, 2.75) is 0 Å². The van der Waals surface area contributed by atoms with Crippen molar-refractivity contribution in [2.75, 3.05) is 9.80 Å². The SMILES string of the molecule is c1ccc(-c2cccc(N3c4ccccc4B4c5ccc(-c6ccccc6)cc5N(c5ccccc5)c5cccc3c54)c2)cc1. The Bertz CT molecular complexity index is 2160. The lowest BCUT2D eigenvalue weighted by molar-refractivity contribution is 1.25. The topological polar surface area (TPSA) is 6.48 Å². The first-order valence-corrected chi connectivity index (χ1v) is 15.6. The van der Waals surface area contributed by atoms with E-state index in [9.17, 15) is 0 Å². The molecule has 7 aromatic carbocycles. The van der Waals surface area contributed by atoms with E-state index < -0.39 is 0 Å². The van der Waals surface area contributed by atoms with Gasteiger partial charge in [0.1, 0.15) is 0 Å². The Kier molecular flexibility index (Phi) is 5.95. The highest BCUT2D eigenvalue weighted by molar-refractivity contribution is 7.00. The summed E-state index contributed by atoms with van der Waals surface area (Å²) in [5.74, 6) is 0. The van der Waals surface area contributed by atoms with E-state index in [1.54, 1.807) is 0 Å². The van der Waals surface area contributed by atoms with E-state index in [1.807, 2.05) is 0 Å². The first-order valence-electron chi connectivity index (χ1n) is 15.6. The summed E-state index contributed by atoms with van der Waals surface area (Å²) >= 11 is 0. The van der Waals surface area contributed by atoms with Gasteiger partial charge in [-0.1, -0.05) is 127 Å². The van der Waals surface area contributed by atoms with Crippen LogP contribution in [0.25, 0.3) is 22.3 Å². The number of nitrogens with zero attached hydrogens (tertiary/aromatic N) is 2. The molecule has 0 spiro atoms. The van der Waals surface area contributed by atoms with Crippen LogP contribution in [-0.2, 0) is 0 Å². The second-order valence-electron chi connectivity index (χ2n) is 11.8. The fourth-order valence-corrected chi connectivity index (χ4v) is 7.28. The van der Waals surface area contributed by atoms with Gasteiger partial charge in [-0.05, 0) is 87.2 Å². The van der Waals surface area contributed by atoms with E-state index in [1.165, 1.54) is 61.4 Å². The first kappa shape index (κ1) is 25.7. The molecule has 0 saturated carbocycles. The van der Waals surface area contributed by atoms with E-state index in [-0.39, 0.29) is 6.71 Å². The number of hydrogen-bond acceptors (Lipinski definition) is 2. The Hall–Kier alpha value is -5.80. The third kappa shape index (κ3) is 4.12. The van der Waals surface area contributed by atoms with Gasteiger partial charge in [-0.2, -0.15) is 0 Å². The lowest BCUT2D eigenvalue weighted by Crippen LogP contribution is -2.61. The Labute approximate surface area is 264 Å². The summed E-state index contributed by atoms with van der Waals surface area (Å²) in [6.07, 6.45) is 0. The van der Waals surface area contributed by atoms with Crippen molar-refractivity contribution >= 4 is 57.2 Å². The van der Waals surface area contributed by atoms with Crippen LogP contribution < -0.4 is 26.2 Å². The average molecular weight is 573 g/mol. The summed E-state index contributed by atoms with van der Waals surface area (Å²) in [6, 6.07) is 63.9. The van der Waals surface area contributed by atoms with Crippen molar-refractivity contribution in [3.05, 3.63) is 176 Å². The lowest BCUT2D eigenvalue weighted by Gasteiger charge is -2.44. The van der Waals surface area contributed by atoms with E-state index in [0.717, 1.165) is 11.4 Å². The molecule has 0 aromatic heterocycles. The van der Waals surface area contributed by atoms with Crippen molar-refractivity contribution in [1.82, 2.24) is 0 Å². The molecule has 9 rings (SSSR count). The zero-order valence-corrected chi connectivity index (χ0v) is 24.7. The zero-order valence-electron chi connectivity index (χ0n) is 24.7. The molecular formula is C42H29BN2. The van der Waals surface area contributed by atoms with E-state index in [4.69, 9.17) is 0 Å². The van der Waals surface area contributed by atoms with Crippen LogP contribution in [0.3, 0.4) is 0 Å². The maximum atomic E-state index is 2.46. The van der Waals surface area contributed by atoms with Crippen molar-refractivity contribution < 1.29 is 0 Å². The second-order valence-corrected chi connectivity index (χ2v) is 11.8. The Morgan fingerprint density at radius 1 is 0.311 bits per heavy atom. The summed E-state index contributed by atoms with van der Waals surface area (Å²) in [4.78, 5) is 4.92. The van der Waals surface area contributed by atoms with Gasteiger partial charge < -0.3 is 9.80 Å². The highest BCUT2D eigenvalue weighted by Crippen LogP contribution is 2.44. The number of rotatable bonds is 4. The molecule has 2 heterocycles. The molecular weight excluding hydrogens is 543 g/mol. The molecule has 45 heavy (non-hydrogen) atoms. The molecule has 0 amide bonds. The third-order valence-corrected chi connectivity index (χ3v) is 9.23. The van der Waals surface area contributed by atoms with Crippen molar-refractivity contribution in [2.24, 2.45) is 0 Å². The maximum absolute atomic E-state index is 2.46. The van der Waals surface area contributed by atoms with Crippen LogP contribution >= 0.6 is 0 Å². The van der Waals surface area contributed by atoms with Gasteiger partial charge in [0.15, 0.2) is 0 Å². The summed E-state index contributed by atoms with van der Waals surface area (Å²) < 4.78 is 0. The summed E-state index contributed by atoms with van der Waals surface area (Å²) in [7, 11) is 0. The van der Waals surface area contributed by atoms with E-state index in [0.29, 0.717) is 0 Å². The number of hydrogen-bond donors (Lipinski definition) is 0. The summed E-state index contributed by atoms with van der Waals surface area (Å²) in [5, 5.41) is 0. The van der Waals surface area contributed by atoms with Crippen molar-refractivity contribution in [3.8, 4) is 22.3 Å². The van der Waals surface area contributed by atoms with E-state index >= 15 is 0 Å². The first-order chi connectivity index (χ1) is 22.3. The molecule has 2 aliphatic rings. The van der Waals surface area contributed by atoms with Gasteiger partial charge in [-0.3, -0.25) is 0 Å². The van der Waals surface area contributed by atoms with Crippen LogP contribution in [0.5, 0.6) is 0 Å². The van der Waals surface area contributed by atoms with Crippen LogP contribution in [0.2, 0.25) is 0 Å². The molecule has 7 aromatic rings. The Balaban J connectivity index is 1.30. The van der Waals surface area contributed by atoms with Gasteiger partial charge >= 0.3 is 0 Å². The van der Waals surface area contributed by atoms with Gasteiger partial charge in [0, 0.05) is 34.1 Å². The quantitative estimate of drug-likeness (QED) is 0.194. The van der Waals surface area contributed by atoms with Crippen LogP contribution in [0, 0.1) is 0 Å². The molecule has 2 aliphatic heterocycles. The van der Waals surface area contributed by atoms with E-state index in [2.05, 4.69) is 186 Å². The lowest BCUT2D eigenvalue weighted by atomic mass is 9.33. The summed E-state index contributed by atoms with van der Waals surface area (Å²) in [5.41, 5.74) is 16.1. The van der Waals surface area contributed by atoms with Crippen LogP contribution in [-0.4, -0.2) is 6.71 Å². The number of anilines is 6. The van der Waals surface area contributed by atoms with Crippen molar-refractivity contribution in [1.29, 1.82) is 0 Å². The standard InChI is InChI=1S/C42H29BN2/c1-4-14-30(15-5-1)32-18-12-21-35(28-32)45-38-23-11-10-22-36(38)43-37-27-26-33(31-16-6-2-7-17-31)29-41(37)44(34-19-8-3-9-20-34)39-24-13-25-40(45)42(39)43/h1-29H. The van der Waals surface area contributed by atoms with Crippen LogP contribution in [0.4, 0.5) is 34.1 Å². The molecule has 210 valence electrons. The molecule has 0 saturated heterocycles. The van der Waals surface area contributed by atoms with Gasteiger partial charge in [0.25, 0.3) is 6.71 Å². The number of fused-ring (bicyclic) bond motifs is 4. The predicted octanol–water partition coefficient (Wildman–Crippen LogP) is 9.10. The molecule has 0 fully saturated rings. The summed E-state index contributed by atoms with van der Waals surface area (Å²) in [6.45, 7) is 0.112. The molecule has 0 N–H and O–H groups in total. The third-order valence-electron chi connectivity index (χ3n) is 9.23. The molecule has 0 unspecified atom stereocenters. The fraction of sp³-hybridized carbons (Fsp3) is 0. The zero-order chi connectivity index (χ0) is 29.7. The molecule has 0 radical (unpaired) electrons. The smallest absolute Gasteiger partial charge is 0.252 e.